The molecule has 1 aromatic carbocycles. The molecule has 21 heteroatoms. The highest BCUT2D eigenvalue weighted by Crippen LogP contribution is 2.34. The van der Waals surface area contributed by atoms with Crippen LogP contribution in [0.2, 0.25) is 0 Å². The molecule has 1 aliphatic rings. The van der Waals surface area contributed by atoms with Crippen molar-refractivity contribution in [2.45, 2.75) is 31.7 Å². The Hall–Kier alpha value is -5.89. The van der Waals surface area contributed by atoms with Crippen LogP contribution in [-0.4, -0.2) is 81.6 Å². The Labute approximate surface area is 261 Å². The Morgan fingerprint density at radius 1 is 0.958 bits per heavy atom. The zero-order valence-electron chi connectivity index (χ0n) is 23.7. The van der Waals surface area contributed by atoms with Gasteiger partial charge >= 0.3 is 24.3 Å². The first-order valence-corrected chi connectivity index (χ1v) is 13.1. The predicted octanol–water partition coefficient (Wildman–Crippen LogP) is 5.11. The van der Waals surface area contributed by atoms with Crippen LogP contribution in [0, 0.1) is 11.6 Å². The number of carbonyl (C=O) groups is 3. The molecule has 6 rings (SSSR count). The van der Waals surface area contributed by atoms with Crippen molar-refractivity contribution in [2.24, 2.45) is 0 Å². The summed E-state index contributed by atoms with van der Waals surface area (Å²) in [5.74, 6) is -6.17. The molecular weight excluding hydrogens is 670 g/mol. The number of hydrogen-bond acceptors (Lipinski definition) is 8. The van der Waals surface area contributed by atoms with E-state index in [4.69, 9.17) is 24.3 Å². The van der Waals surface area contributed by atoms with E-state index in [-0.39, 0.29) is 23.7 Å². The van der Waals surface area contributed by atoms with Gasteiger partial charge in [0.15, 0.2) is 0 Å². The van der Waals surface area contributed by atoms with Crippen LogP contribution in [0.5, 0.6) is 0 Å². The van der Waals surface area contributed by atoms with Gasteiger partial charge in [-0.1, -0.05) is 11.2 Å². The fourth-order valence-electron chi connectivity index (χ4n) is 4.20. The predicted molar refractivity (Wildman–Crippen MR) is 143 cm³/mol. The number of carboxylic acid groups (broad SMARTS) is 2. The first-order chi connectivity index (χ1) is 22.5. The average Bonchev–Trinajstić information content (AvgIpc) is 3.81. The number of imidazole rings is 1. The summed E-state index contributed by atoms with van der Waals surface area (Å²) in [5, 5.41) is 25.0. The van der Waals surface area contributed by atoms with Gasteiger partial charge in [-0.25, -0.2) is 23.4 Å². The van der Waals surface area contributed by atoms with Crippen LogP contribution in [0.25, 0.3) is 39.5 Å². The summed E-state index contributed by atoms with van der Waals surface area (Å²) in [5.41, 5.74) is 2.43. The van der Waals surface area contributed by atoms with Gasteiger partial charge in [-0.3, -0.25) is 14.3 Å². The van der Waals surface area contributed by atoms with E-state index >= 15 is 0 Å². The highest BCUT2D eigenvalue weighted by molar-refractivity contribution is 5.81. The van der Waals surface area contributed by atoms with Crippen molar-refractivity contribution in [2.75, 3.05) is 6.54 Å². The minimum absolute atomic E-state index is 0.0707. The van der Waals surface area contributed by atoms with Gasteiger partial charge in [-0.15, -0.1) is 0 Å². The van der Waals surface area contributed by atoms with Crippen molar-refractivity contribution < 1.29 is 64.2 Å². The molecule has 1 aliphatic heterocycles. The highest BCUT2D eigenvalue weighted by atomic mass is 19.4. The monoisotopic (exact) mass is 689 g/mol. The van der Waals surface area contributed by atoms with Crippen molar-refractivity contribution in [3.05, 3.63) is 66.4 Å². The standard InChI is InChI=1S/C23H17F2N7O2.2C2HF3O2/c24-15-3-1-4-16(25)21(15)22-14(9-27-29-22)13-6-7-18-26-10-17(32(18)11-13)23-28-19(34-30-23)12-31-8-2-5-20(31)33;2*3-2(4,5)1(6)7/h1,3-4,6-7,9-11H,2,5,8,12H2,(H,27,29);2*(H,6,7). The lowest BCUT2D eigenvalue weighted by molar-refractivity contribution is -0.193. The van der Waals surface area contributed by atoms with Crippen LogP contribution >= 0.6 is 0 Å². The highest BCUT2D eigenvalue weighted by Gasteiger charge is 2.39. The fraction of sp³-hybridized carbons (Fsp3) is 0.222. The molecule has 1 amide bonds. The Morgan fingerprint density at radius 3 is 2.15 bits per heavy atom. The number of alkyl halides is 6. The minimum atomic E-state index is -5.08. The molecule has 3 N–H and O–H groups in total. The van der Waals surface area contributed by atoms with Crippen molar-refractivity contribution in [1.29, 1.82) is 0 Å². The van der Waals surface area contributed by atoms with Crippen LogP contribution in [-0.2, 0) is 20.9 Å². The number of amides is 1. The summed E-state index contributed by atoms with van der Waals surface area (Å²) < 4.78 is 99.4. The number of pyridine rings is 1. The summed E-state index contributed by atoms with van der Waals surface area (Å²) in [7, 11) is 0. The molecule has 0 unspecified atom stereocenters. The van der Waals surface area contributed by atoms with Crippen molar-refractivity contribution >= 4 is 23.5 Å². The van der Waals surface area contributed by atoms with Gasteiger partial charge in [0.2, 0.25) is 17.6 Å². The number of benzene rings is 1. The number of aromatic amines is 1. The van der Waals surface area contributed by atoms with Gasteiger partial charge in [-0.2, -0.15) is 36.4 Å². The molecule has 13 nitrogen and oxygen atoms in total. The molecule has 1 saturated heterocycles. The van der Waals surface area contributed by atoms with Gasteiger partial charge in [0.25, 0.3) is 0 Å². The maximum atomic E-state index is 14.4. The van der Waals surface area contributed by atoms with E-state index < -0.39 is 35.9 Å². The second-order valence-electron chi connectivity index (χ2n) is 9.58. The third-order valence-electron chi connectivity index (χ3n) is 6.35. The number of nitrogens with zero attached hydrogens (tertiary/aromatic N) is 6. The molecule has 0 radical (unpaired) electrons. The number of likely N-dealkylation sites (tertiary alicyclic amines) is 1. The van der Waals surface area contributed by atoms with E-state index in [1.54, 1.807) is 33.8 Å². The molecule has 5 heterocycles. The van der Waals surface area contributed by atoms with Crippen LogP contribution in [0.15, 0.2) is 53.4 Å². The molecule has 1 fully saturated rings. The number of nitrogens with one attached hydrogen (secondary N) is 1. The van der Waals surface area contributed by atoms with Crippen molar-refractivity contribution in [3.8, 4) is 33.9 Å². The SMILES string of the molecule is O=C(O)C(F)(F)F.O=C(O)C(F)(F)F.O=C1CCCN1Cc1nc(-c2cnc3ccc(-c4cn[nH]c4-c4c(F)cccc4F)cn23)no1. The number of carboxylic acids is 2. The molecule has 48 heavy (non-hydrogen) atoms. The summed E-state index contributed by atoms with van der Waals surface area (Å²) >= 11 is 0. The molecule has 0 atom stereocenters. The molecular formula is C27H19F8N7O6. The molecule has 0 aliphatic carbocycles. The van der Waals surface area contributed by atoms with E-state index in [0.29, 0.717) is 47.1 Å². The largest absolute Gasteiger partial charge is 0.490 e. The van der Waals surface area contributed by atoms with E-state index in [1.807, 2.05) is 0 Å². The lowest BCUT2D eigenvalue weighted by Crippen LogP contribution is -2.23. The normalized spacial score (nSPS) is 13.2. The van der Waals surface area contributed by atoms with Gasteiger partial charge in [-0.05, 0) is 30.7 Å². The molecule has 4 aromatic heterocycles. The number of aliphatic carboxylic acids is 2. The Balaban J connectivity index is 0.000000314. The summed E-state index contributed by atoms with van der Waals surface area (Å²) in [6.07, 6.45) is -3.92. The number of fused-ring (bicyclic) bond motifs is 1. The first-order valence-electron chi connectivity index (χ1n) is 13.1. The van der Waals surface area contributed by atoms with E-state index in [0.717, 1.165) is 6.42 Å². The average molecular weight is 689 g/mol. The Kier molecular flexibility index (Phi) is 10.1. The number of rotatable bonds is 5. The third kappa shape index (κ3) is 8.09. The maximum absolute atomic E-state index is 14.4. The number of hydrogen-bond donors (Lipinski definition) is 3. The second-order valence-corrected chi connectivity index (χ2v) is 9.58. The lowest BCUT2D eigenvalue weighted by atomic mass is 10.0. The topological polar surface area (TPSA) is 180 Å². The number of aromatic nitrogens is 6. The summed E-state index contributed by atoms with van der Waals surface area (Å²) in [4.78, 5) is 40.2. The molecule has 0 saturated carbocycles. The smallest absolute Gasteiger partial charge is 0.475 e. The van der Waals surface area contributed by atoms with Gasteiger partial charge < -0.3 is 19.6 Å². The van der Waals surface area contributed by atoms with E-state index in [1.165, 1.54) is 24.4 Å². The second kappa shape index (κ2) is 13.8. The van der Waals surface area contributed by atoms with E-state index in [2.05, 4.69) is 25.3 Å². The fourth-order valence-corrected chi connectivity index (χ4v) is 4.20. The third-order valence-corrected chi connectivity index (χ3v) is 6.35. The Bertz CT molecular complexity index is 1910. The van der Waals surface area contributed by atoms with Crippen LogP contribution < -0.4 is 0 Å². The molecule has 5 aromatic rings. The minimum Gasteiger partial charge on any atom is -0.475 e. The number of carbonyl (C=O) groups excluding carboxylic acids is 1. The molecule has 254 valence electrons. The van der Waals surface area contributed by atoms with Gasteiger partial charge in [0.05, 0.1) is 30.2 Å². The van der Waals surface area contributed by atoms with Crippen LogP contribution in [0.3, 0.4) is 0 Å². The molecule has 0 spiro atoms. The maximum Gasteiger partial charge on any atom is 0.490 e. The van der Waals surface area contributed by atoms with Crippen molar-refractivity contribution in [1.82, 2.24) is 34.6 Å². The quantitative estimate of drug-likeness (QED) is 0.210. The zero-order chi connectivity index (χ0) is 35.4. The summed E-state index contributed by atoms with van der Waals surface area (Å²) in [6, 6.07) is 7.28. The van der Waals surface area contributed by atoms with E-state index in [9.17, 15) is 39.9 Å². The van der Waals surface area contributed by atoms with Crippen molar-refractivity contribution in [3.63, 3.8) is 0 Å². The first kappa shape index (κ1) is 35.0. The Morgan fingerprint density at radius 2 is 1.58 bits per heavy atom. The van der Waals surface area contributed by atoms with Gasteiger partial charge in [0, 0.05) is 30.3 Å². The number of halogens is 8. The van der Waals surface area contributed by atoms with Crippen LogP contribution in [0.1, 0.15) is 18.7 Å². The number of H-pyrrole nitrogens is 1. The summed E-state index contributed by atoms with van der Waals surface area (Å²) in [6.45, 7) is 0.936. The van der Waals surface area contributed by atoms with Crippen LogP contribution in [0.4, 0.5) is 35.1 Å². The molecule has 0 bridgehead atoms. The zero-order valence-corrected chi connectivity index (χ0v) is 23.7. The lowest BCUT2D eigenvalue weighted by Gasteiger charge is -2.11. The van der Waals surface area contributed by atoms with Gasteiger partial charge in [0.1, 0.15) is 23.0 Å².